The summed E-state index contributed by atoms with van der Waals surface area (Å²) in [5.74, 6) is -1.52. The molecule has 0 aromatic heterocycles. The van der Waals surface area contributed by atoms with E-state index < -0.39 is 11.9 Å². The summed E-state index contributed by atoms with van der Waals surface area (Å²) >= 11 is 0. The molecule has 0 heterocycles. The zero-order valence-corrected chi connectivity index (χ0v) is 27.8. The van der Waals surface area contributed by atoms with Gasteiger partial charge in [0.15, 0.2) is 5.78 Å². The van der Waals surface area contributed by atoms with Gasteiger partial charge in [0, 0.05) is 23.4 Å². The average Bonchev–Trinajstić information content (AvgIpc) is 3.12. The van der Waals surface area contributed by atoms with Crippen molar-refractivity contribution in [1.29, 1.82) is 0 Å². The molecule has 6 heteroatoms. The molecule has 0 radical (unpaired) electrons. The smallest absolute Gasteiger partial charge is 0.303 e. The first-order valence-electron chi connectivity index (χ1n) is 17.0. The number of carbonyl (C=O) groups excluding carboxylic acids is 2. The van der Waals surface area contributed by atoms with E-state index in [0.717, 1.165) is 62.9 Å². The number of amides is 1. The number of carboxylic acid groups (broad SMARTS) is 1. The summed E-state index contributed by atoms with van der Waals surface area (Å²) in [6.07, 6.45) is 2.31. The number of hydrogen-bond donors (Lipinski definition) is 3. The van der Waals surface area contributed by atoms with Crippen molar-refractivity contribution in [2.24, 2.45) is 5.73 Å². The quantitative estimate of drug-likeness (QED) is 0.146. The third-order valence-corrected chi connectivity index (χ3v) is 10.4. The number of rotatable bonds is 8. The minimum atomic E-state index is -0.803. The summed E-state index contributed by atoms with van der Waals surface area (Å²) in [5.41, 5.74) is 16.6. The van der Waals surface area contributed by atoms with Crippen molar-refractivity contribution in [3.8, 4) is 22.3 Å². The minimum absolute atomic E-state index is 0.0180. The van der Waals surface area contributed by atoms with Gasteiger partial charge in [0.25, 0.3) is 5.91 Å². The Labute approximate surface area is 287 Å². The normalized spacial score (nSPS) is 17.3. The molecule has 6 nitrogen and oxygen atoms in total. The van der Waals surface area contributed by atoms with Gasteiger partial charge in [-0.2, -0.15) is 0 Å². The molecule has 0 spiro atoms. The van der Waals surface area contributed by atoms with Gasteiger partial charge in [-0.1, -0.05) is 92.7 Å². The van der Waals surface area contributed by atoms with Gasteiger partial charge in [0.2, 0.25) is 0 Å². The van der Waals surface area contributed by atoms with Crippen LogP contribution in [0.3, 0.4) is 0 Å². The number of aliphatic carboxylic acids is 1. The van der Waals surface area contributed by atoms with E-state index in [1.165, 1.54) is 0 Å². The van der Waals surface area contributed by atoms with Crippen LogP contribution in [-0.4, -0.2) is 22.8 Å². The van der Waals surface area contributed by atoms with Gasteiger partial charge in [-0.3, -0.25) is 14.4 Å². The lowest BCUT2D eigenvalue weighted by Gasteiger charge is -2.42. The molecule has 2 atom stereocenters. The number of ketones is 1. The SMILES string of the molecule is CC1(C)CCC(CC(=O)O)c2ccc3c(c21)C(C(=O)c1ccc(NC(=O)c2ccccc2-c2ccc(CN)cc2)cc1)Cc1ccccc1-3. The van der Waals surface area contributed by atoms with E-state index in [9.17, 15) is 19.5 Å². The van der Waals surface area contributed by atoms with Crippen LogP contribution in [0.2, 0.25) is 0 Å². The van der Waals surface area contributed by atoms with Crippen LogP contribution in [0, 0.1) is 0 Å². The predicted octanol–water partition coefficient (Wildman–Crippen LogP) is 8.88. The van der Waals surface area contributed by atoms with Crippen LogP contribution in [0.4, 0.5) is 5.69 Å². The molecule has 5 aromatic rings. The Morgan fingerprint density at radius 3 is 2.22 bits per heavy atom. The van der Waals surface area contributed by atoms with Gasteiger partial charge in [-0.15, -0.1) is 0 Å². The fourth-order valence-electron chi connectivity index (χ4n) is 7.94. The highest BCUT2D eigenvalue weighted by molar-refractivity contribution is 6.09. The van der Waals surface area contributed by atoms with Crippen LogP contribution in [-0.2, 0) is 23.2 Å². The zero-order chi connectivity index (χ0) is 34.3. The van der Waals surface area contributed by atoms with E-state index in [2.05, 4.69) is 43.4 Å². The summed E-state index contributed by atoms with van der Waals surface area (Å²) in [7, 11) is 0. The summed E-state index contributed by atoms with van der Waals surface area (Å²) in [4.78, 5) is 39.9. The lowest BCUT2D eigenvalue weighted by molar-refractivity contribution is -0.137. The Hall–Kier alpha value is -5.33. The lowest BCUT2D eigenvalue weighted by Crippen LogP contribution is -2.32. The number of fused-ring (bicyclic) bond motifs is 5. The number of nitrogens with two attached hydrogens (primary N) is 1. The third kappa shape index (κ3) is 6.09. The first kappa shape index (κ1) is 32.2. The molecule has 1 amide bonds. The number of carbonyl (C=O) groups is 3. The van der Waals surface area contributed by atoms with Crippen molar-refractivity contribution < 1.29 is 19.5 Å². The minimum Gasteiger partial charge on any atom is -0.481 e. The van der Waals surface area contributed by atoms with E-state index in [0.29, 0.717) is 29.8 Å². The Bertz CT molecular complexity index is 2080. The molecule has 0 aliphatic heterocycles. The van der Waals surface area contributed by atoms with Crippen LogP contribution < -0.4 is 11.1 Å². The average molecular weight is 649 g/mol. The molecule has 2 aliphatic carbocycles. The summed E-state index contributed by atoms with van der Waals surface area (Å²) < 4.78 is 0. The van der Waals surface area contributed by atoms with E-state index in [4.69, 9.17) is 5.73 Å². The van der Waals surface area contributed by atoms with Gasteiger partial charge in [-0.05, 0) is 111 Å². The molecule has 0 saturated heterocycles. The molecule has 49 heavy (non-hydrogen) atoms. The maximum Gasteiger partial charge on any atom is 0.303 e. The molecule has 0 saturated carbocycles. The van der Waals surface area contributed by atoms with Crippen LogP contribution in [0.15, 0.2) is 109 Å². The van der Waals surface area contributed by atoms with E-state index in [1.54, 1.807) is 30.3 Å². The second-order valence-corrected chi connectivity index (χ2v) is 14.0. The van der Waals surface area contributed by atoms with Gasteiger partial charge in [-0.25, -0.2) is 0 Å². The highest BCUT2D eigenvalue weighted by Crippen LogP contribution is 2.52. The van der Waals surface area contributed by atoms with Crippen molar-refractivity contribution in [3.05, 3.63) is 148 Å². The zero-order valence-electron chi connectivity index (χ0n) is 27.8. The Kier molecular flexibility index (Phi) is 8.51. The fraction of sp³-hybridized carbons (Fsp3) is 0.233. The largest absolute Gasteiger partial charge is 0.481 e. The Balaban J connectivity index is 1.20. The number of carboxylic acids is 1. The van der Waals surface area contributed by atoms with Crippen LogP contribution in [0.5, 0.6) is 0 Å². The Morgan fingerprint density at radius 2 is 1.51 bits per heavy atom. The first-order valence-corrected chi connectivity index (χ1v) is 17.0. The molecular formula is C43H40N2O4. The van der Waals surface area contributed by atoms with Gasteiger partial charge >= 0.3 is 5.97 Å². The monoisotopic (exact) mass is 648 g/mol. The van der Waals surface area contributed by atoms with Crippen molar-refractivity contribution in [2.75, 3.05) is 5.32 Å². The van der Waals surface area contributed by atoms with Crippen molar-refractivity contribution in [1.82, 2.24) is 0 Å². The second kappa shape index (κ2) is 12.9. The van der Waals surface area contributed by atoms with Gasteiger partial charge in [0.1, 0.15) is 0 Å². The van der Waals surface area contributed by atoms with E-state index >= 15 is 0 Å². The van der Waals surface area contributed by atoms with E-state index in [1.807, 2.05) is 54.6 Å². The van der Waals surface area contributed by atoms with Crippen molar-refractivity contribution >= 4 is 23.3 Å². The summed E-state index contributed by atoms with van der Waals surface area (Å²) in [5, 5.41) is 12.7. The number of hydrogen-bond acceptors (Lipinski definition) is 4. The number of nitrogens with one attached hydrogen (secondary N) is 1. The van der Waals surface area contributed by atoms with Gasteiger partial charge < -0.3 is 16.2 Å². The topological polar surface area (TPSA) is 109 Å². The highest BCUT2D eigenvalue weighted by Gasteiger charge is 2.41. The highest BCUT2D eigenvalue weighted by atomic mass is 16.4. The molecule has 0 fully saturated rings. The number of benzene rings is 5. The standard InChI is InChI=1S/C43H40N2O4/c1-43(2)22-21-30(24-38(46)47)34-19-20-35-33-9-4-3-7-29(33)23-37(39(35)40(34)43)41(48)28-15-17-31(18-16-28)45-42(49)36-10-6-5-8-32(36)27-13-11-26(25-44)12-14-27/h3-20,30,37H,21-25,44H2,1-2H3,(H,45,49)(H,46,47). The molecule has 5 aromatic carbocycles. The number of Topliss-reactive ketones (excluding diaryl/α,β-unsaturated/α-hetero) is 1. The second-order valence-electron chi connectivity index (χ2n) is 14.0. The van der Waals surface area contributed by atoms with Gasteiger partial charge in [0.05, 0.1) is 12.3 Å². The molecule has 2 unspecified atom stereocenters. The summed E-state index contributed by atoms with van der Waals surface area (Å²) in [6, 6.07) is 35.0. The van der Waals surface area contributed by atoms with Crippen LogP contribution in [0.1, 0.15) is 93.5 Å². The van der Waals surface area contributed by atoms with Crippen LogP contribution >= 0.6 is 0 Å². The maximum atomic E-state index is 14.5. The number of anilines is 1. The Morgan fingerprint density at radius 1 is 0.816 bits per heavy atom. The van der Waals surface area contributed by atoms with Crippen molar-refractivity contribution in [3.63, 3.8) is 0 Å². The maximum absolute atomic E-state index is 14.5. The third-order valence-electron chi connectivity index (χ3n) is 10.4. The lowest BCUT2D eigenvalue weighted by atomic mass is 9.61. The van der Waals surface area contributed by atoms with Crippen LogP contribution in [0.25, 0.3) is 22.3 Å². The fourth-order valence-corrected chi connectivity index (χ4v) is 7.94. The first-order chi connectivity index (χ1) is 23.6. The molecule has 246 valence electrons. The van der Waals surface area contributed by atoms with E-state index in [-0.39, 0.29) is 29.4 Å². The van der Waals surface area contributed by atoms with Crippen molar-refractivity contribution in [2.45, 2.75) is 63.3 Å². The molecular weight excluding hydrogens is 608 g/mol. The molecule has 4 N–H and O–H groups in total. The molecule has 2 aliphatic rings. The summed E-state index contributed by atoms with van der Waals surface area (Å²) in [6.45, 7) is 4.89. The molecule has 7 rings (SSSR count). The molecule has 0 bridgehead atoms. The predicted molar refractivity (Wildman–Crippen MR) is 194 cm³/mol.